The lowest BCUT2D eigenvalue weighted by molar-refractivity contribution is 0.102. The van der Waals surface area contributed by atoms with E-state index in [1.807, 2.05) is 52.1 Å². The number of amides is 1. The van der Waals surface area contributed by atoms with E-state index in [0.29, 0.717) is 5.56 Å². The molecule has 2 aromatic carbocycles. The maximum absolute atomic E-state index is 12.4. The number of halogens is 1. The molecule has 3 nitrogen and oxygen atoms in total. The van der Waals surface area contributed by atoms with Crippen LogP contribution in [0.2, 0.25) is 0 Å². The maximum atomic E-state index is 12.4. The van der Waals surface area contributed by atoms with Crippen LogP contribution in [0, 0.1) is 20.8 Å². The van der Waals surface area contributed by atoms with Crippen molar-refractivity contribution in [3.05, 3.63) is 57.1 Å². The zero-order valence-corrected chi connectivity index (χ0v) is 14.3. The number of benzene rings is 2. The number of carbonyl (C=O) groups is 1. The Morgan fingerprint density at radius 2 is 1.76 bits per heavy atom. The number of nitrogens with one attached hydrogen (secondary N) is 2. The molecule has 4 heteroatoms. The minimum absolute atomic E-state index is 0.103. The highest BCUT2D eigenvalue weighted by Crippen LogP contribution is 2.28. The van der Waals surface area contributed by atoms with Gasteiger partial charge in [0.05, 0.1) is 5.69 Å². The molecular formula is C17H19BrN2O. The largest absolute Gasteiger partial charge is 0.388 e. The second-order valence-electron chi connectivity index (χ2n) is 5.17. The second kappa shape index (κ2) is 6.31. The SMILES string of the molecule is CNc1ccc(C(=O)Nc2c(C)cc(C)cc2Br)cc1C. The van der Waals surface area contributed by atoms with Crippen LogP contribution in [0.1, 0.15) is 27.0 Å². The molecule has 0 spiro atoms. The lowest BCUT2D eigenvalue weighted by atomic mass is 10.1. The van der Waals surface area contributed by atoms with E-state index < -0.39 is 0 Å². The van der Waals surface area contributed by atoms with Gasteiger partial charge in [0.15, 0.2) is 0 Å². The molecule has 0 bridgehead atoms. The summed E-state index contributed by atoms with van der Waals surface area (Å²) >= 11 is 3.51. The Labute approximate surface area is 133 Å². The van der Waals surface area contributed by atoms with Crippen LogP contribution in [0.3, 0.4) is 0 Å². The first-order valence-corrected chi connectivity index (χ1v) is 7.58. The van der Waals surface area contributed by atoms with E-state index in [0.717, 1.165) is 32.5 Å². The molecule has 2 rings (SSSR count). The Hall–Kier alpha value is -1.81. The minimum Gasteiger partial charge on any atom is -0.388 e. The predicted octanol–water partition coefficient (Wildman–Crippen LogP) is 4.67. The molecular weight excluding hydrogens is 328 g/mol. The Morgan fingerprint density at radius 1 is 1.05 bits per heavy atom. The van der Waals surface area contributed by atoms with Gasteiger partial charge in [-0.2, -0.15) is 0 Å². The fraction of sp³-hybridized carbons (Fsp3) is 0.235. The molecule has 0 radical (unpaired) electrons. The van der Waals surface area contributed by atoms with E-state index in [2.05, 4.69) is 32.6 Å². The average Bonchev–Trinajstić information content (AvgIpc) is 2.42. The van der Waals surface area contributed by atoms with E-state index in [9.17, 15) is 4.79 Å². The highest BCUT2D eigenvalue weighted by Gasteiger charge is 2.12. The summed E-state index contributed by atoms with van der Waals surface area (Å²) in [6.45, 7) is 6.00. The van der Waals surface area contributed by atoms with Gasteiger partial charge in [-0.3, -0.25) is 4.79 Å². The highest BCUT2D eigenvalue weighted by atomic mass is 79.9. The average molecular weight is 347 g/mol. The highest BCUT2D eigenvalue weighted by molar-refractivity contribution is 9.10. The Balaban J connectivity index is 2.28. The summed E-state index contributed by atoms with van der Waals surface area (Å²) in [5.74, 6) is -0.103. The molecule has 0 aliphatic rings. The normalized spacial score (nSPS) is 10.3. The van der Waals surface area contributed by atoms with Crippen molar-refractivity contribution in [2.45, 2.75) is 20.8 Å². The first-order chi connectivity index (χ1) is 9.92. The summed E-state index contributed by atoms with van der Waals surface area (Å²) in [6, 6.07) is 9.68. The summed E-state index contributed by atoms with van der Waals surface area (Å²) < 4.78 is 0.900. The Kier molecular flexibility index (Phi) is 4.68. The Bertz CT molecular complexity index is 672. The fourth-order valence-electron chi connectivity index (χ4n) is 2.35. The Morgan fingerprint density at radius 3 is 2.33 bits per heavy atom. The van der Waals surface area contributed by atoms with Crippen LogP contribution in [0.4, 0.5) is 11.4 Å². The molecule has 21 heavy (non-hydrogen) atoms. The number of hydrogen-bond donors (Lipinski definition) is 2. The molecule has 2 N–H and O–H groups in total. The third-order valence-electron chi connectivity index (χ3n) is 3.43. The van der Waals surface area contributed by atoms with Gasteiger partial charge in [0.2, 0.25) is 0 Å². The van der Waals surface area contributed by atoms with Crippen molar-refractivity contribution in [1.82, 2.24) is 0 Å². The first kappa shape index (κ1) is 15.6. The molecule has 0 saturated heterocycles. The van der Waals surface area contributed by atoms with Crippen molar-refractivity contribution in [2.75, 3.05) is 17.7 Å². The number of aryl methyl sites for hydroxylation is 3. The molecule has 0 aliphatic heterocycles. The van der Waals surface area contributed by atoms with E-state index >= 15 is 0 Å². The van der Waals surface area contributed by atoms with Gasteiger partial charge in [0, 0.05) is 22.8 Å². The van der Waals surface area contributed by atoms with Gasteiger partial charge in [-0.1, -0.05) is 6.07 Å². The standard InChI is InChI=1S/C17H19BrN2O/c1-10-7-12(3)16(14(18)8-10)20-17(21)13-5-6-15(19-4)11(2)9-13/h5-9,19H,1-4H3,(H,20,21). The lowest BCUT2D eigenvalue weighted by Gasteiger charge is -2.13. The first-order valence-electron chi connectivity index (χ1n) is 6.79. The summed E-state index contributed by atoms with van der Waals surface area (Å²) in [5, 5.41) is 6.08. The lowest BCUT2D eigenvalue weighted by Crippen LogP contribution is -2.13. The van der Waals surface area contributed by atoms with Crippen molar-refractivity contribution in [1.29, 1.82) is 0 Å². The molecule has 0 aliphatic carbocycles. The molecule has 2 aromatic rings. The van der Waals surface area contributed by atoms with E-state index in [1.165, 1.54) is 0 Å². The van der Waals surface area contributed by atoms with Crippen LogP contribution < -0.4 is 10.6 Å². The van der Waals surface area contributed by atoms with Gasteiger partial charge >= 0.3 is 0 Å². The van der Waals surface area contributed by atoms with Crippen molar-refractivity contribution in [3.8, 4) is 0 Å². The van der Waals surface area contributed by atoms with Crippen molar-refractivity contribution < 1.29 is 4.79 Å². The number of rotatable bonds is 3. The molecule has 0 heterocycles. The van der Waals surface area contributed by atoms with E-state index in [4.69, 9.17) is 0 Å². The van der Waals surface area contributed by atoms with Crippen molar-refractivity contribution in [3.63, 3.8) is 0 Å². The van der Waals surface area contributed by atoms with Gasteiger partial charge in [-0.25, -0.2) is 0 Å². The molecule has 0 atom stereocenters. The van der Waals surface area contributed by atoms with Crippen LogP contribution in [0.25, 0.3) is 0 Å². The minimum atomic E-state index is -0.103. The van der Waals surface area contributed by atoms with Crippen LogP contribution in [-0.2, 0) is 0 Å². The third-order valence-corrected chi connectivity index (χ3v) is 4.05. The second-order valence-corrected chi connectivity index (χ2v) is 6.03. The predicted molar refractivity (Wildman–Crippen MR) is 92.3 cm³/mol. The van der Waals surface area contributed by atoms with Crippen LogP contribution in [0.5, 0.6) is 0 Å². The molecule has 1 amide bonds. The van der Waals surface area contributed by atoms with Gasteiger partial charge in [-0.05, 0) is 77.7 Å². The zero-order valence-electron chi connectivity index (χ0n) is 12.7. The van der Waals surface area contributed by atoms with Gasteiger partial charge < -0.3 is 10.6 Å². The van der Waals surface area contributed by atoms with Gasteiger partial charge in [-0.15, -0.1) is 0 Å². The van der Waals surface area contributed by atoms with E-state index in [-0.39, 0.29) is 5.91 Å². The molecule has 0 unspecified atom stereocenters. The summed E-state index contributed by atoms with van der Waals surface area (Å²) in [7, 11) is 1.87. The summed E-state index contributed by atoms with van der Waals surface area (Å²) in [4.78, 5) is 12.4. The molecule has 0 fully saturated rings. The third kappa shape index (κ3) is 3.45. The zero-order chi connectivity index (χ0) is 15.6. The number of hydrogen-bond acceptors (Lipinski definition) is 2. The summed E-state index contributed by atoms with van der Waals surface area (Å²) in [5.41, 5.74) is 5.74. The van der Waals surface area contributed by atoms with Crippen LogP contribution in [0.15, 0.2) is 34.8 Å². The van der Waals surface area contributed by atoms with Crippen molar-refractivity contribution in [2.24, 2.45) is 0 Å². The van der Waals surface area contributed by atoms with Crippen LogP contribution in [-0.4, -0.2) is 13.0 Å². The number of anilines is 2. The van der Waals surface area contributed by atoms with Crippen LogP contribution >= 0.6 is 15.9 Å². The molecule has 110 valence electrons. The quantitative estimate of drug-likeness (QED) is 0.847. The summed E-state index contributed by atoms with van der Waals surface area (Å²) in [6.07, 6.45) is 0. The van der Waals surface area contributed by atoms with Crippen molar-refractivity contribution >= 4 is 33.2 Å². The molecule has 0 aromatic heterocycles. The van der Waals surface area contributed by atoms with Gasteiger partial charge in [0.25, 0.3) is 5.91 Å². The fourth-order valence-corrected chi connectivity index (χ4v) is 3.12. The monoisotopic (exact) mass is 346 g/mol. The van der Waals surface area contributed by atoms with Gasteiger partial charge in [0.1, 0.15) is 0 Å². The topological polar surface area (TPSA) is 41.1 Å². The smallest absolute Gasteiger partial charge is 0.255 e. The maximum Gasteiger partial charge on any atom is 0.255 e. The molecule has 0 saturated carbocycles. The number of carbonyl (C=O) groups excluding carboxylic acids is 1. The van der Waals surface area contributed by atoms with E-state index in [1.54, 1.807) is 0 Å².